The number of benzene rings is 1. The molecule has 1 atom stereocenters. The van der Waals surface area contributed by atoms with Gasteiger partial charge in [0.05, 0.1) is 0 Å². The number of nitrogens with zero attached hydrogens (tertiary/aromatic N) is 1. The Kier molecular flexibility index (Phi) is 5.22. The number of hydrogen-bond donors (Lipinski definition) is 1. The van der Waals surface area contributed by atoms with Crippen molar-refractivity contribution in [2.24, 2.45) is 11.1 Å². The van der Waals surface area contributed by atoms with Crippen molar-refractivity contribution < 1.29 is 0 Å². The first kappa shape index (κ1) is 15.5. The Morgan fingerprint density at radius 3 is 2.40 bits per heavy atom. The van der Waals surface area contributed by atoms with Gasteiger partial charge in [0.1, 0.15) is 0 Å². The molecule has 112 valence electrons. The van der Waals surface area contributed by atoms with Crippen LogP contribution < -0.4 is 5.73 Å². The Hall–Kier alpha value is -0.860. The molecule has 0 bridgehead atoms. The van der Waals surface area contributed by atoms with Crippen LogP contribution in [0.15, 0.2) is 30.3 Å². The third-order valence-electron chi connectivity index (χ3n) is 4.95. The van der Waals surface area contributed by atoms with E-state index < -0.39 is 0 Å². The monoisotopic (exact) mass is 274 g/mol. The van der Waals surface area contributed by atoms with E-state index in [1.54, 1.807) is 0 Å². The molecule has 2 nitrogen and oxygen atoms in total. The van der Waals surface area contributed by atoms with Gasteiger partial charge in [0.2, 0.25) is 0 Å². The van der Waals surface area contributed by atoms with Crippen LogP contribution in [0, 0.1) is 5.41 Å². The van der Waals surface area contributed by atoms with Gasteiger partial charge in [0.15, 0.2) is 0 Å². The molecule has 0 aliphatic heterocycles. The van der Waals surface area contributed by atoms with Crippen LogP contribution in [0.3, 0.4) is 0 Å². The van der Waals surface area contributed by atoms with Gasteiger partial charge in [-0.25, -0.2) is 0 Å². The lowest BCUT2D eigenvalue weighted by Crippen LogP contribution is -2.38. The molecule has 20 heavy (non-hydrogen) atoms. The predicted molar refractivity (Wildman–Crippen MR) is 86.7 cm³/mol. The van der Waals surface area contributed by atoms with E-state index in [1.165, 1.54) is 31.2 Å². The summed E-state index contributed by atoms with van der Waals surface area (Å²) in [4.78, 5) is 2.53. The van der Waals surface area contributed by atoms with Gasteiger partial charge in [-0.05, 0) is 56.7 Å². The number of rotatable bonds is 5. The normalized spacial score (nSPS) is 21.1. The quantitative estimate of drug-likeness (QED) is 0.880. The molecule has 0 heterocycles. The van der Waals surface area contributed by atoms with E-state index in [0.717, 1.165) is 19.0 Å². The van der Waals surface area contributed by atoms with Crippen molar-refractivity contribution in [3.63, 3.8) is 0 Å². The van der Waals surface area contributed by atoms with E-state index in [4.69, 9.17) is 5.73 Å². The maximum atomic E-state index is 6.29. The average molecular weight is 274 g/mol. The Balaban J connectivity index is 1.77. The minimum absolute atomic E-state index is 0.165. The third-order valence-corrected chi connectivity index (χ3v) is 4.95. The summed E-state index contributed by atoms with van der Waals surface area (Å²) in [5.41, 5.74) is 8.10. The highest BCUT2D eigenvalue weighted by molar-refractivity contribution is 5.18. The van der Waals surface area contributed by atoms with Crippen LogP contribution in [0.1, 0.15) is 57.6 Å². The first-order valence-electron chi connectivity index (χ1n) is 7.99. The van der Waals surface area contributed by atoms with Crippen molar-refractivity contribution in [2.45, 2.75) is 58.0 Å². The summed E-state index contributed by atoms with van der Waals surface area (Å²) in [5.74, 6) is 0. The van der Waals surface area contributed by atoms with E-state index in [9.17, 15) is 0 Å². The van der Waals surface area contributed by atoms with Crippen molar-refractivity contribution in [3.05, 3.63) is 35.9 Å². The summed E-state index contributed by atoms with van der Waals surface area (Å²) in [5, 5.41) is 0. The van der Waals surface area contributed by atoms with Crippen molar-refractivity contribution in [3.8, 4) is 0 Å². The third kappa shape index (κ3) is 4.32. The lowest BCUT2D eigenvalue weighted by Gasteiger charge is -2.39. The average Bonchev–Trinajstić information content (AvgIpc) is 2.45. The van der Waals surface area contributed by atoms with Gasteiger partial charge < -0.3 is 10.6 Å². The summed E-state index contributed by atoms with van der Waals surface area (Å²) < 4.78 is 0. The largest absolute Gasteiger partial charge is 0.324 e. The molecule has 1 aromatic rings. The second kappa shape index (κ2) is 6.73. The fourth-order valence-electron chi connectivity index (χ4n) is 3.22. The Bertz CT molecular complexity index is 389. The zero-order valence-electron chi connectivity index (χ0n) is 13.3. The predicted octanol–water partition coefficient (Wildman–Crippen LogP) is 3.98. The molecule has 2 N–H and O–H groups in total. The standard InChI is InChI=1S/C18H30N2/c1-18(2)12-9-16(10-13-18)20(3)14-11-17(19)15-7-5-4-6-8-15/h4-8,16-17H,9-14,19H2,1-3H3. The molecule has 1 aliphatic rings. The van der Waals surface area contributed by atoms with E-state index >= 15 is 0 Å². The van der Waals surface area contributed by atoms with E-state index in [2.05, 4.69) is 50.1 Å². The summed E-state index contributed by atoms with van der Waals surface area (Å²) in [6, 6.07) is 11.4. The molecule has 0 aromatic heterocycles. The van der Waals surface area contributed by atoms with E-state index in [1.807, 2.05) is 6.07 Å². The molecule has 1 aliphatic carbocycles. The molecular formula is C18H30N2. The van der Waals surface area contributed by atoms with Crippen LogP contribution in [0.25, 0.3) is 0 Å². The van der Waals surface area contributed by atoms with Crippen molar-refractivity contribution >= 4 is 0 Å². The van der Waals surface area contributed by atoms with Crippen LogP contribution in [-0.2, 0) is 0 Å². The van der Waals surface area contributed by atoms with E-state index in [-0.39, 0.29) is 6.04 Å². The molecule has 2 rings (SSSR count). The first-order valence-corrected chi connectivity index (χ1v) is 7.99. The number of hydrogen-bond acceptors (Lipinski definition) is 2. The van der Waals surface area contributed by atoms with Gasteiger partial charge in [0, 0.05) is 12.1 Å². The molecule has 0 saturated heterocycles. The maximum Gasteiger partial charge on any atom is 0.0307 e. The Morgan fingerprint density at radius 1 is 1.20 bits per heavy atom. The van der Waals surface area contributed by atoms with Crippen molar-refractivity contribution in [1.29, 1.82) is 0 Å². The molecule has 2 heteroatoms. The molecule has 1 saturated carbocycles. The summed E-state index contributed by atoms with van der Waals surface area (Å²) in [7, 11) is 2.26. The van der Waals surface area contributed by atoms with Crippen molar-refractivity contribution in [2.75, 3.05) is 13.6 Å². The van der Waals surface area contributed by atoms with Crippen LogP contribution in [0.5, 0.6) is 0 Å². The fourth-order valence-corrected chi connectivity index (χ4v) is 3.22. The zero-order chi connectivity index (χ0) is 14.6. The summed E-state index contributed by atoms with van der Waals surface area (Å²) >= 11 is 0. The molecule has 1 fully saturated rings. The molecule has 1 unspecified atom stereocenters. The molecule has 1 aromatic carbocycles. The smallest absolute Gasteiger partial charge is 0.0307 e. The molecule has 0 amide bonds. The molecule has 0 spiro atoms. The van der Waals surface area contributed by atoms with Crippen molar-refractivity contribution in [1.82, 2.24) is 4.90 Å². The first-order chi connectivity index (χ1) is 9.48. The Labute approximate surface area is 124 Å². The summed E-state index contributed by atoms with van der Waals surface area (Å²) in [6.07, 6.45) is 6.42. The minimum atomic E-state index is 0.165. The van der Waals surface area contributed by atoms with Crippen LogP contribution >= 0.6 is 0 Å². The van der Waals surface area contributed by atoms with Crippen LogP contribution in [-0.4, -0.2) is 24.5 Å². The second-order valence-corrected chi connectivity index (χ2v) is 7.18. The van der Waals surface area contributed by atoms with Crippen LogP contribution in [0.4, 0.5) is 0 Å². The van der Waals surface area contributed by atoms with Gasteiger partial charge in [-0.15, -0.1) is 0 Å². The Morgan fingerprint density at radius 2 is 1.80 bits per heavy atom. The van der Waals surface area contributed by atoms with Gasteiger partial charge in [-0.3, -0.25) is 0 Å². The fraction of sp³-hybridized carbons (Fsp3) is 0.667. The maximum absolute atomic E-state index is 6.29. The lowest BCUT2D eigenvalue weighted by molar-refractivity contribution is 0.125. The second-order valence-electron chi connectivity index (χ2n) is 7.18. The van der Waals surface area contributed by atoms with E-state index in [0.29, 0.717) is 5.41 Å². The zero-order valence-corrected chi connectivity index (χ0v) is 13.3. The van der Waals surface area contributed by atoms with Gasteiger partial charge in [-0.2, -0.15) is 0 Å². The lowest BCUT2D eigenvalue weighted by atomic mass is 9.75. The summed E-state index contributed by atoms with van der Waals surface area (Å²) in [6.45, 7) is 5.89. The topological polar surface area (TPSA) is 29.3 Å². The number of nitrogens with two attached hydrogens (primary N) is 1. The molecule has 0 radical (unpaired) electrons. The van der Waals surface area contributed by atoms with Gasteiger partial charge in [0.25, 0.3) is 0 Å². The van der Waals surface area contributed by atoms with Gasteiger partial charge >= 0.3 is 0 Å². The SMILES string of the molecule is CN(CCC(N)c1ccccc1)C1CCC(C)(C)CC1. The highest BCUT2D eigenvalue weighted by Crippen LogP contribution is 2.36. The molecular weight excluding hydrogens is 244 g/mol. The van der Waals surface area contributed by atoms with Crippen LogP contribution in [0.2, 0.25) is 0 Å². The highest BCUT2D eigenvalue weighted by atomic mass is 15.1. The minimum Gasteiger partial charge on any atom is -0.324 e. The van der Waals surface area contributed by atoms with Gasteiger partial charge in [-0.1, -0.05) is 44.2 Å². The highest BCUT2D eigenvalue weighted by Gasteiger charge is 2.28.